The third-order valence-corrected chi connectivity index (χ3v) is 6.08. The maximum atomic E-state index is 5.52. The molecule has 6 rings (SSSR count). The van der Waals surface area contributed by atoms with Gasteiger partial charge >= 0.3 is 0 Å². The minimum Gasteiger partial charge on any atom is -0.442 e. The molecule has 0 amide bonds. The van der Waals surface area contributed by atoms with Crippen LogP contribution in [0.15, 0.2) is 76.9 Å². The van der Waals surface area contributed by atoms with E-state index in [-0.39, 0.29) is 0 Å². The van der Waals surface area contributed by atoms with Crippen LogP contribution in [0.2, 0.25) is 0 Å². The topological polar surface area (TPSA) is 56.2 Å². The minimum absolute atomic E-state index is 0.535. The zero-order chi connectivity index (χ0) is 19.2. The summed E-state index contributed by atoms with van der Waals surface area (Å²) < 4.78 is 7.67. The first-order chi connectivity index (χ1) is 14.4. The second-order valence-corrected chi connectivity index (χ2v) is 7.71. The summed E-state index contributed by atoms with van der Waals surface area (Å²) >= 11 is 0. The van der Waals surface area contributed by atoms with E-state index in [1.165, 1.54) is 36.8 Å². The van der Waals surface area contributed by atoms with E-state index in [0.717, 1.165) is 28.4 Å². The van der Waals surface area contributed by atoms with Crippen LogP contribution in [0.4, 0.5) is 0 Å². The van der Waals surface area contributed by atoms with E-state index < -0.39 is 0 Å². The summed E-state index contributed by atoms with van der Waals surface area (Å²) in [6.07, 6.45) is 8.91. The van der Waals surface area contributed by atoms with Gasteiger partial charge < -0.3 is 4.42 Å². The zero-order valence-electron chi connectivity index (χ0n) is 16.0. The fourth-order valence-electron chi connectivity index (χ4n) is 4.30. The maximum absolute atomic E-state index is 5.52. The van der Waals surface area contributed by atoms with Gasteiger partial charge in [-0.3, -0.25) is 9.56 Å². The van der Waals surface area contributed by atoms with Gasteiger partial charge in [0.05, 0.1) is 29.8 Å². The van der Waals surface area contributed by atoms with Crippen molar-refractivity contribution in [2.75, 3.05) is 0 Å². The van der Waals surface area contributed by atoms with E-state index in [1.54, 1.807) is 6.20 Å². The number of rotatable bonds is 3. The maximum Gasteiger partial charge on any atom is 0.181 e. The Morgan fingerprint density at radius 2 is 1.93 bits per heavy atom. The Balaban J connectivity index is 1.57. The Bertz CT molecular complexity index is 1200. The summed E-state index contributed by atoms with van der Waals surface area (Å²) in [6.45, 7) is 0.535. The van der Waals surface area contributed by atoms with Crippen molar-refractivity contribution in [1.29, 1.82) is 0 Å². The molecule has 0 radical (unpaired) electrons. The van der Waals surface area contributed by atoms with Gasteiger partial charge in [0.2, 0.25) is 0 Å². The molecule has 0 saturated heterocycles. The highest BCUT2D eigenvalue weighted by Gasteiger charge is 2.26. The molecule has 29 heavy (non-hydrogen) atoms. The number of fused-ring (bicyclic) bond motifs is 3. The molecule has 2 aliphatic rings. The fourth-order valence-corrected chi connectivity index (χ4v) is 4.30. The molecule has 4 aromatic rings. The molecule has 2 aromatic carbocycles. The third kappa shape index (κ3) is 2.65. The lowest BCUT2D eigenvalue weighted by Crippen LogP contribution is -2.12. The van der Waals surface area contributed by atoms with E-state index in [9.17, 15) is 0 Å². The SMILES string of the molecule is c1ccc(C2=NCc3c(-c4cnco4)ncn3-c3ccc(C4CCC4)cc32)cc1. The van der Waals surface area contributed by atoms with Gasteiger partial charge in [0.15, 0.2) is 12.2 Å². The molecule has 1 fully saturated rings. The van der Waals surface area contributed by atoms with E-state index in [4.69, 9.17) is 9.41 Å². The van der Waals surface area contributed by atoms with Crippen LogP contribution in [-0.2, 0) is 6.54 Å². The molecule has 1 saturated carbocycles. The van der Waals surface area contributed by atoms with Crippen molar-refractivity contribution in [3.8, 4) is 17.1 Å². The monoisotopic (exact) mass is 380 g/mol. The van der Waals surface area contributed by atoms with Crippen molar-refractivity contribution in [3.05, 3.63) is 89.8 Å². The summed E-state index contributed by atoms with van der Waals surface area (Å²) in [4.78, 5) is 13.7. The zero-order valence-corrected chi connectivity index (χ0v) is 16.0. The summed E-state index contributed by atoms with van der Waals surface area (Å²) in [6, 6.07) is 17.3. The third-order valence-electron chi connectivity index (χ3n) is 6.08. The van der Waals surface area contributed by atoms with Gasteiger partial charge in [-0.05, 0) is 36.5 Å². The van der Waals surface area contributed by atoms with Crippen LogP contribution in [0.5, 0.6) is 0 Å². The molecular weight excluding hydrogens is 360 g/mol. The number of hydrogen-bond donors (Lipinski definition) is 0. The van der Waals surface area contributed by atoms with Crippen LogP contribution in [0, 0.1) is 0 Å². The predicted octanol–water partition coefficient (Wildman–Crippen LogP) is 5.15. The molecule has 1 aliphatic heterocycles. The van der Waals surface area contributed by atoms with E-state index >= 15 is 0 Å². The van der Waals surface area contributed by atoms with Crippen LogP contribution in [0.1, 0.15) is 47.6 Å². The smallest absolute Gasteiger partial charge is 0.181 e. The highest BCUT2D eigenvalue weighted by molar-refractivity contribution is 6.15. The number of aromatic nitrogens is 3. The van der Waals surface area contributed by atoms with Crippen LogP contribution in [-0.4, -0.2) is 20.2 Å². The molecule has 0 bridgehead atoms. The Labute approximate surface area is 168 Å². The van der Waals surface area contributed by atoms with Gasteiger partial charge in [0.25, 0.3) is 0 Å². The van der Waals surface area contributed by atoms with Gasteiger partial charge in [-0.25, -0.2) is 9.97 Å². The lowest BCUT2D eigenvalue weighted by atomic mass is 9.79. The Kier molecular flexibility index (Phi) is 3.72. The van der Waals surface area contributed by atoms with Gasteiger partial charge in [-0.1, -0.05) is 42.8 Å². The molecule has 2 aromatic heterocycles. The van der Waals surface area contributed by atoms with E-state index in [0.29, 0.717) is 18.2 Å². The van der Waals surface area contributed by atoms with Gasteiger partial charge in [0, 0.05) is 11.1 Å². The standard InChI is InChI=1S/C24H20N4O/c1-2-5-17(6-3-1)23-19-11-18(16-7-4-8-16)9-10-20(19)28-14-27-24(21(28)12-26-23)22-13-25-15-29-22/h1-3,5-6,9-11,13-16H,4,7-8,12H2. The molecule has 1 aliphatic carbocycles. The lowest BCUT2D eigenvalue weighted by Gasteiger charge is -2.27. The molecule has 5 heteroatoms. The summed E-state index contributed by atoms with van der Waals surface area (Å²) in [5, 5.41) is 0. The second kappa shape index (κ2) is 6.55. The molecule has 0 atom stereocenters. The van der Waals surface area contributed by atoms with Crippen molar-refractivity contribution in [2.45, 2.75) is 31.7 Å². The van der Waals surface area contributed by atoms with Gasteiger partial charge in [-0.15, -0.1) is 0 Å². The normalized spacial score (nSPS) is 15.8. The summed E-state index contributed by atoms with van der Waals surface area (Å²) in [7, 11) is 0. The van der Waals surface area contributed by atoms with Crippen LogP contribution in [0.25, 0.3) is 17.1 Å². The number of oxazole rings is 1. The van der Waals surface area contributed by atoms with Gasteiger partial charge in [-0.2, -0.15) is 0 Å². The highest BCUT2D eigenvalue weighted by Crippen LogP contribution is 2.39. The molecule has 0 spiro atoms. The molecule has 0 N–H and O–H groups in total. The van der Waals surface area contributed by atoms with Crippen molar-refractivity contribution in [1.82, 2.24) is 14.5 Å². The number of imidazole rings is 1. The molecular formula is C24H20N4O. The summed E-state index contributed by atoms with van der Waals surface area (Å²) in [5.41, 5.74) is 7.69. The predicted molar refractivity (Wildman–Crippen MR) is 111 cm³/mol. The Morgan fingerprint density at radius 3 is 2.69 bits per heavy atom. The number of benzene rings is 2. The number of hydrogen-bond acceptors (Lipinski definition) is 4. The van der Waals surface area contributed by atoms with Crippen LogP contribution >= 0.6 is 0 Å². The first-order valence-corrected chi connectivity index (χ1v) is 10.1. The van der Waals surface area contributed by atoms with Crippen LogP contribution in [0.3, 0.4) is 0 Å². The van der Waals surface area contributed by atoms with Gasteiger partial charge in [0.1, 0.15) is 12.0 Å². The number of aliphatic imine (C=N–C) groups is 1. The van der Waals surface area contributed by atoms with E-state index in [2.05, 4.69) is 57.0 Å². The molecule has 0 unspecified atom stereocenters. The molecule has 142 valence electrons. The average molecular weight is 380 g/mol. The number of nitrogens with zero attached hydrogens (tertiary/aromatic N) is 4. The molecule has 3 heterocycles. The fraction of sp³-hybridized carbons (Fsp3) is 0.208. The minimum atomic E-state index is 0.535. The second-order valence-electron chi connectivity index (χ2n) is 7.71. The first-order valence-electron chi connectivity index (χ1n) is 10.1. The Morgan fingerprint density at radius 1 is 1.03 bits per heavy atom. The van der Waals surface area contributed by atoms with Crippen molar-refractivity contribution >= 4 is 5.71 Å². The Hall–Kier alpha value is -3.47. The van der Waals surface area contributed by atoms with Crippen molar-refractivity contribution in [3.63, 3.8) is 0 Å². The highest BCUT2D eigenvalue weighted by atomic mass is 16.3. The van der Waals surface area contributed by atoms with Crippen LogP contribution < -0.4 is 0 Å². The van der Waals surface area contributed by atoms with Crippen molar-refractivity contribution < 1.29 is 4.42 Å². The largest absolute Gasteiger partial charge is 0.442 e. The van der Waals surface area contributed by atoms with E-state index in [1.807, 2.05) is 12.4 Å². The molecule has 5 nitrogen and oxygen atoms in total. The quantitative estimate of drug-likeness (QED) is 0.494. The summed E-state index contributed by atoms with van der Waals surface area (Å²) in [5.74, 6) is 1.34. The first kappa shape index (κ1) is 16.5. The lowest BCUT2D eigenvalue weighted by molar-refractivity contribution is 0.419. The van der Waals surface area contributed by atoms with Crippen molar-refractivity contribution in [2.24, 2.45) is 4.99 Å². The average Bonchev–Trinajstić information content (AvgIpc) is 3.35.